The molecule has 2 heterocycles. The average Bonchev–Trinajstić information content (AvgIpc) is 2.61. The molecule has 0 spiro atoms. The number of likely N-dealkylation sites (tertiary alicyclic amines) is 1. The number of hydrogen-bond donors (Lipinski definition) is 1. The molecule has 1 fully saturated rings. The first kappa shape index (κ1) is 19.1. The Morgan fingerprint density at radius 1 is 1.27 bits per heavy atom. The van der Waals surface area contributed by atoms with Gasteiger partial charge in [0.1, 0.15) is 5.82 Å². The molecule has 1 aromatic heterocycles. The number of benzene rings is 1. The zero-order chi connectivity index (χ0) is 18.8. The highest BCUT2D eigenvalue weighted by Crippen LogP contribution is 2.31. The molecule has 5 heteroatoms. The molecule has 0 aliphatic carbocycles. The SMILES string of the molecule is CCCC(c1nc2cc(CO)ccc2c(=O)n1C)N1C[C@H](C)C[C@H](C)C1. The fourth-order valence-electron chi connectivity index (χ4n) is 4.44. The Morgan fingerprint density at radius 2 is 1.96 bits per heavy atom. The van der Waals surface area contributed by atoms with Crippen molar-refractivity contribution >= 4 is 10.9 Å². The third-order valence-corrected chi connectivity index (χ3v) is 5.56. The molecule has 0 amide bonds. The van der Waals surface area contributed by atoms with Crippen LogP contribution in [0.3, 0.4) is 0 Å². The van der Waals surface area contributed by atoms with E-state index < -0.39 is 0 Å². The predicted molar refractivity (Wildman–Crippen MR) is 105 cm³/mol. The molecule has 1 N–H and O–H groups in total. The first-order valence-corrected chi connectivity index (χ1v) is 9.79. The summed E-state index contributed by atoms with van der Waals surface area (Å²) in [5.74, 6) is 2.17. The lowest BCUT2D eigenvalue weighted by Crippen LogP contribution is -2.43. The van der Waals surface area contributed by atoms with Crippen LogP contribution >= 0.6 is 0 Å². The minimum atomic E-state index is -0.0400. The molecule has 3 atom stereocenters. The van der Waals surface area contributed by atoms with Crippen LogP contribution in [0.15, 0.2) is 23.0 Å². The van der Waals surface area contributed by atoms with Crippen LogP contribution in [0.4, 0.5) is 0 Å². The Labute approximate surface area is 155 Å². The molecule has 1 saturated heterocycles. The van der Waals surface area contributed by atoms with Gasteiger partial charge >= 0.3 is 0 Å². The highest BCUT2D eigenvalue weighted by molar-refractivity contribution is 5.78. The molecule has 3 rings (SSSR count). The van der Waals surface area contributed by atoms with Crippen molar-refractivity contribution in [1.82, 2.24) is 14.5 Å². The van der Waals surface area contributed by atoms with Crippen molar-refractivity contribution in [2.24, 2.45) is 18.9 Å². The van der Waals surface area contributed by atoms with Crippen molar-refractivity contribution in [3.05, 3.63) is 39.9 Å². The summed E-state index contributed by atoms with van der Waals surface area (Å²) >= 11 is 0. The first-order valence-electron chi connectivity index (χ1n) is 9.79. The standard InChI is InChI=1S/C21H31N3O2/c1-5-6-19(24-11-14(2)9-15(3)12-24)20-22-18-10-16(13-25)7-8-17(18)21(26)23(20)4/h7-8,10,14-15,19,25H,5-6,9,11-13H2,1-4H3/t14-,15+,19?. The number of fused-ring (bicyclic) bond motifs is 1. The Hall–Kier alpha value is -1.72. The van der Waals surface area contributed by atoms with E-state index in [0.717, 1.165) is 37.3 Å². The summed E-state index contributed by atoms with van der Waals surface area (Å²) in [6.07, 6.45) is 3.30. The maximum Gasteiger partial charge on any atom is 0.261 e. The van der Waals surface area contributed by atoms with E-state index in [1.165, 1.54) is 6.42 Å². The number of hydrogen-bond acceptors (Lipinski definition) is 4. The van der Waals surface area contributed by atoms with Gasteiger partial charge in [0.15, 0.2) is 0 Å². The van der Waals surface area contributed by atoms with Crippen LogP contribution in [0.5, 0.6) is 0 Å². The molecule has 26 heavy (non-hydrogen) atoms. The lowest BCUT2D eigenvalue weighted by molar-refractivity contribution is 0.0841. The number of aliphatic hydroxyl groups is 1. The second kappa shape index (κ2) is 7.89. The van der Waals surface area contributed by atoms with Gasteiger partial charge in [0.2, 0.25) is 0 Å². The molecule has 2 aromatic rings. The lowest BCUT2D eigenvalue weighted by Gasteiger charge is -2.40. The molecule has 142 valence electrons. The van der Waals surface area contributed by atoms with E-state index in [1.807, 2.05) is 13.1 Å². The van der Waals surface area contributed by atoms with Crippen molar-refractivity contribution in [2.45, 2.75) is 52.7 Å². The number of aromatic nitrogens is 2. The molecule has 1 unspecified atom stereocenters. The Kier molecular flexibility index (Phi) is 5.78. The van der Waals surface area contributed by atoms with Gasteiger partial charge in [0.05, 0.1) is 23.6 Å². The second-order valence-corrected chi connectivity index (χ2v) is 8.05. The zero-order valence-electron chi connectivity index (χ0n) is 16.4. The average molecular weight is 357 g/mol. The van der Waals surface area contributed by atoms with Crippen molar-refractivity contribution in [3.8, 4) is 0 Å². The summed E-state index contributed by atoms with van der Waals surface area (Å²) < 4.78 is 1.73. The van der Waals surface area contributed by atoms with E-state index >= 15 is 0 Å². The van der Waals surface area contributed by atoms with Crippen molar-refractivity contribution in [2.75, 3.05) is 13.1 Å². The number of aliphatic hydroxyl groups excluding tert-OH is 1. The van der Waals surface area contributed by atoms with Gasteiger partial charge in [-0.2, -0.15) is 0 Å². The molecule has 1 aromatic carbocycles. The van der Waals surface area contributed by atoms with Gasteiger partial charge in [-0.25, -0.2) is 4.98 Å². The van der Waals surface area contributed by atoms with E-state index in [1.54, 1.807) is 16.7 Å². The zero-order valence-corrected chi connectivity index (χ0v) is 16.4. The molecule has 0 radical (unpaired) electrons. The van der Waals surface area contributed by atoms with Crippen LogP contribution in [-0.4, -0.2) is 32.6 Å². The van der Waals surface area contributed by atoms with Crippen LogP contribution < -0.4 is 5.56 Å². The lowest BCUT2D eigenvalue weighted by atomic mass is 9.90. The molecular formula is C21H31N3O2. The van der Waals surface area contributed by atoms with Gasteiger partial charge < -0.3 is 5.11 Å². The van der Waals surface area contributed by atoms with E-state index in [4.69, 9.17) is 4.98 Å². The van der Waals surface area contributed by atoms with Crippen molar-refractivity contribution in [1.29, 1.82) is 0 Å². The predicted octanol–water partition coefficient (Wildman–Crippen LogP) is 3.24. The maximum atomic E-state index is 12.9. The summed E-state index contributed by atoms with van der Waals surface area (Å²) in [5, 5.41) is 10.0. The van der Waals surface area contributed by atoms with Gasteiger partial charge in [-0.15, -0.1) is 0 Å². The first-order chi connectivity index (χ1) is 12.4. The minimum absolute atomic E-state index is 0.00583. The van der Waals surface area contributed by atoms with Crippen LogP contribution in [0.2, 0.25) is 0 Å². The van der Waals surface area contributed by atoms with E-state index in [0.29, 0.717) is 22.7 Å². The van der Waals surface area contributed by atoms with Crippen molar-refractivity contribution in [3.63, 3.8) is 0 Å². The fraction of sp³-hybridized carbons (Fsp3) is 0.619. The summed E-state index contributed by atoms with van der Waals surface area (Å²) in [4.78, 5) is 20.3. The third-order valence-electron chi connectivity index (χ3n) is 5.56. The highest BCUT2D eigenvalue weighted by Gasteiger charge is 2.30. The van der Waals surface area contributed by atoms with E-state index in [-0.39, 0.29) is 18.2 Å². The van der Waals surface area contributed by atoms with Crippen LogP contribution in [0, 0.1) is 11.8 Å². The van der Waals surface area contributed by atoms with Gasteiger partial charge in [-0.05, 0) is 42.4 Å². The quantitative estimate of drug-likeness (QED) is 0.892. The van der Waals surface area contributed by atoms with Gasteiger partial charge in [-0.3, -0.25) is 14.3 Å². The molecule has 5 nitrogen and oxygen atoms in total. The second-order valence-electron chi connectivity index (χ2n) is 8.05. The Balaban J connectivity index is 2.09. The highest BCUT2D eigenvalue weighted by atomic mass is 16.3. The van der Waals surface area contributed by atoms with Crippen LogP contribution in [0.1, 0.15) is 57.5 Å². The van der Waals surface area contributed by atoms with E-state index in [9.17, 15) is 9.90 Å². The number of piperidine rings is 1. The van der Waals surface area contributed by atoms with Crippen molar-refractivity contribution < 1.29 is 5.11 Å². The third kappa shape index (κ3) is 3.69. The van der Waals surface area contributed by atoms with E-state index in [2.05, 4.69) is 25.7 Å². The topological polar surface area (TPSA) is 58.4 Å². The largest absolute Gasteiger partial charge is 0.392 e. The summed E-state index contributed by atoms with van der Waals surface area (Å²) in [6, 6.07) is 5.57. The monoisotopic (exact) mass is 357 g/mol. The Bertz CT molecular complexity index is 820. The molecular weight excluding hydrogens is 326 g/mol. The minimum Gasteiger partial charge on any atom is -0.392 e. The number of nitrogens with zero attached hydrogens (tertiary/aromatic N) is 3. The Morgan fingerprint density at radius 3 is 2.58 bits per heavy atom. The van der Waals surface area contributed by atoms with Gasteiger partial charge in [0.25, 0.3) is 5.56 Å². The van der Waals surface area contributed by atoms with Crippen LogP contribution in [0.25, 0.3) is 10.9 Å². The maximum absolute atomic E-state index is 12.9. The normalized spacial score (nSPS) is 22.7. The van der Waals surface area contributed by atoms with Gasteiger partial charge in [-0.1, -0.05) is 33.3 Å². The van der Waals surface area contributed by atoms with Crippen LogP contribution in [-0.2, 0) is 13.7 Å². The summed E-state index contributed by atoms with van der Waals surface area (Å²) in [7, 11) is 1.84. The van der Waals surface area contributed by atoms with Gasteiger partial charge in [0, 0.05) is 20.1 Å². The molecule has 1 aliphatic heterocycles. The summed E-state index contributed by atoms with van der Waals surface area (Å²) in [6.45, 7) is 8.88. The number of rotatable bonds is 5. The fourth-order valence-corrected chi connectivity index (χ4v) is 4.44. The smallest absolute Gasteiger partial charge is 0.261 e. The molecule has 0 bridgehead atoms. The molecule has 1 aliphatic rings. The summed E-state index contributed by atoms with van der Waals surface area (Å²) in [5.41, 5.74) is 1.47. The molecule has 0 saturated carbocycles.